The Kier molecular flexibility index (Phi) is 3.99. The molecule has 6 nitrogen and oxygen atoms in total. The lowest BCUT2D eigenvalue weighted by Gasteiger charge is -2.18. The van der Waals surface area contributed by atoms with E-state index in [4.69, 9.17) is 5.73 Å². The average molecular weight is 281 g/mol. The molecule has 7 heteroatoms. The van der Waals surface area contributed by atoms with Gasteiger partial charge in [-0.25, -0.2) is 4.39 Å². The highest BCUT2D eigenvalue weighted by molar-refractivity contribution is 5.98. The molecule has 0 spiro atoms. The van der Waals surface area contributed by atoms with Crippen LogP contribution in [0.2, 0.25) is 0 Å². The van der Waals surface area contributed by atoms with E-state index in [-0.39, 0.29) is 17.5 Å². The highest BCUT2D eigenvalue weighted by Crippen LogP contribution is 2.25. The Balaban J connectivity index is 2.24. The normalized spacial score (nSPS) is 19.9. The zero-order valence-corrected chi connectivity index (χ0v) is 11.1. The summed E-state index contributed by atoms with van der Waals surface area (Å²) in [6, 6.07) is 2.96. The van der Waals surface area contributed by atoms with Crippen LogP contribution in [0.3, 0.4) is 0 Å². The van der Waals surface area contributed by atoms with Gasteiger partial charge in [0, 0.05) is 19.1 Å². The maximum atomic E-state index is 13.1. The Labute approximate surface area is 115 Å². The molecule has 1 saturated heterocycles. The summed E-state index contributed by atoms with van der Waals surface area (Å²) >= 11 is 0. The number of benzene rings is 1. The minimum Gasteiger partial charge on any atom is -0.338 e. The van der Waals surface area contributed by atoms with Gasteiger partial charge >= 0.3 is 0 Å². The van der Waals surface area contributed by atoms with Crippen molar-refractivity contribution < 1.29 is 14.1 Å². The van der Waals surface area contributed by atoms with Gasteiger partial charge in [0.05, 0.1) is 11.0 Å². The van der Waals surface area contributed by atoms with E-state index in [9.17, 15) is 19.3 Å². The van der Waals surface area contributed by atoms with Crippen LogP contribution in [-0.2, 0) is 0 Å². The largest absolute Gasteiger partial charge is 0.338 e. The summed E-state index contributed by atoms with van der Waals surface area (Å²) in [5, 5.41) is 10.9. The first-order valence-corrected chi connectivity index (χ1v) is 6.39. The van der Waals surface area contributed by atoms with Gasteiger partial charge in [-0.3, -0.25) is 14.9 Å². The molecular weight excluding hydrogens is 265 g/mol. The third kappa shape index (κ3) is 2.77. The predicted octanol–water partition coefficient (Wildman–Crippen LogP) is 1.54. The molecule has 0 aliphatic carbocycles. The summed E-state index contributed by atoms with van der Waals surface area (Å²) in [4.78, 5) is 24.0. The van der Waals surface area contributed by atoms with Crippen LogP contribution in [0.15, 0.2) is 18.2 Å². The summed E-state index contributed by atoms with van der Waals surface area (Å²) in [7, 11) is 0. The molecule has 1 aromatic rings. The van der Waals surface area contributed by atoms with Crippen LogP contribution in [0.4, 0.5) is 10.1 Å². The fourth-order valence-corrected chi connectivity index (χ4v) is 2.41. The Bertz CT molecular complexity index is 548. The molecule has 0 bridgehead atoms. The smallest absolute Gasteiger partial charge is 0.285 e. The van der Waals surface area contributed by atoms with E-state index in [1.165, 1.54) is 4.90 Å². The fourth-order valence-electron chi connectivity index (χ4n) is 2.41. The summed E-state index contributed by atoms with van der Waals surface area (Å²) in [6.07, 6.45) is 0.776. The van der Waals surface area contributed by atoms with E-state index < -0.39 is 22.3 Å². The third-order valence-corrected chi connectivity index (χ3v) is 3.64. The van der Waals surface area contributed by atoms with Crippen LogP contribution in [0.25, 0.3) is 0 Å². The lowest BCUT2D eigenvalue weighted by Crippen LogP contribution is -2.33. The van der Waals surface area contributed by atoms with Crippen molar-refractivity contribution in [1.82, 2.24) is 4.90 Å². The van der Waals surface area contributed by atoms with Crippen LogP contribution in [0, 0.1) is 21.8 Å². The molecule has 108 valence electrons. The number of nitrogens with zero attached hydrogens (tertiary/aromatic N) is 2. The number of hydrogen-bond acceptors (Lipinski definition) is 4. The lowest BCUT2D eigenvalue weighted by molar-refractivity contribution is -0.385. The van der Waals surface area contributed by atoms with Gasteiger partial charge in [0.1, 0.15) is 11.4 Å². The first-order chi connectivity index (χ1) is 9.40. The van der Waals surface area contributed by atoms with Crippen molar-refractivity contribution in [3.63, 3.8) is 0 Å². The molecular formula is C13H16FN3O3. The molecule has 0 aromatic heterocycles. The molecule has 2 N–H and O–H groups in total. The molecule has 1 aliphatic rings. The topological polar surface area (TPSA) is 89.5 Å². The Morgan fingerprint density at radius 3 is 2.85 bits per heavy atom. The number of amides is 1. The van der Waals surface area contributed by atoms with Crippen molar-refractivity contribution in [3.8, 4) is 0 Å². The van der Waals surface area contributed by atoms with Crippen molar-refractivity contribution in [2.75, 3.05) is 13.1 Å². The van der Waals surface area contributed by atoms with E-state index in [1.54, 1.807) is 0 Å². The second kappa shape index (κ2) is 5.54. The average Bonchev–Trinajstić information content (AvgIpc) is 2.87. The van der Waals surface area contributed by atoms with E-state index in [0.717, 1.165) is 24.6 Å². The second-order valence-corrected chi connectivity index (χ2v) is 5.08. The number of carbonyl (C=O) groups excluding carboxylic acids is 1. The van der Waals surface area contributed by atoms with Crippen molar-refractivity contribution in [2.45, 2.75) is 19.4 Å². The first-order valence-electron chi connectivity index (χ1n) is 6.39. The van der Waals surface area contributed by atoms with E-state index in [0.29, 0.717) is 13.1 Å². The molecule has 1 aromatic carbocycles. The monoisotopic (exact) mass is 281 g/mol. The number of nitro benzene ring substituents is 1. The van der Waals surface area contributed by atoms with Crippen LogP contribution in [-0.4, -0.2) is 34.9 Å². The van der Waals surface area contributed by atoms with Gasteiger partial charge in [-0.15, -0.1) is 0 Å². The maximum Gasteiger partial charge on any atom is 0.285 e. The van der Waals surface area contributed by atoms with Gasteiger partial charge in [-0.05, 0) is 31.4 Å². The standard InChI is InChI=1S/C13H16FN3O3/c1-8(15)9-4-5-16(7-9)13(18)11-3-2-10(14)6-12(11)17(19)20/h2-3,6,8-9H,4-5,7,15H2,1H3. The molecule has 0 radical (unpaired) electrons. The van der Waals surface area contributed by atoms with Crippen LogP contribution >= 0.6 is 0 Å². The number of nitrogens with two attached hydrogens (primary N) is 1. The zero-order valence-electron chi connectivity index (χ0n) is 11.1. The predicted molar refractivity (Wildman–Crippen MR) is 70.7 cm³/mol. The zero-order chi connectivity index (χ0) is 14.9. The summed E-state index contributed by atoms with van der Waals surface area (Å²) < 4.78 is 13.1. The van der Waals surface area contributed by atoms with Gasteiger partial charge in [-0.1, -0.05) is 0 Å². The number of carbonyl (C=O) groups is 1. The quantitative estimate of drug-likeness (QED) is 0.672. The van der Waals surface area contributed by atoms with Gasteiger partial charge in [0.15, 0.2) is 0 Å². The second-order valence-electron chi connectivity index (χ2n) is 5.08. The van der Waals surface area contributed by atoms with E-state index in [1.807, 2.05) is 6.92 Å². The molecule has 2 rings (SSSR count). The Morgan fingerprint density at radius 1 is 1.60 bits per heavy atom. The molecule has 1 aliphatic heterocycles. The molecule has 0 saturated carbocycles. The van der Waals surface area contributed by atoms with Gasteiger partial charge in [-0.2, -0.15) is 0 Å². The van der Waals surface area contributed by atoms with Crippen molar-refractivity contribution in [1.29, 1.82) is 0 Å². The highest BCUT2D eigenvalue weighted by Gasteiger charge is 2.32. The summed E-state index contributed by atoms with van der Waals surface area (Å²) in [5.74, 6) is -0.985. The lowest BCUT2D eigenvalue weighted by atomic mass is 10.0. The van der Waals surface area contributed by atoms with Gasteiger partial charge in [0.25, 0.3) is 11.6 Å². The minimum atomic E-state index is -0.741. The molecule has 1 heterocycles. The molecule has 1 amide bonds. The van der Waals surface area contributed by atoms with Crippen LogP contribution in [0.5, 0.6) is 0 Å². The van der Waals surface area contributed by atoms with Crippen molar-refractivity contribution in [2.24, 2.45) is 11.7 Å². The van der Waals surface area contributed by atoms with Gasteiger partial charge in [0.2, 0.25) is 0 Å². The van der Waals surface area contributed by atoms with E-state index in [2.05, 4.69) is 0 Å². The summed E-state index contributed by atoms with van der Waals surface area (Å²) in [5.41, 5.74) is 5.22. The van der Waals surface area contributed by atoms with Crippen LogP contribution < -0.4 is 5.73 Å². The fraction of sp³-hybridized carbons (Fsp3) is 0.462. The Morgan fingerprint density at radius 2 is 2.30 bits per heavy atom. The SMILES string of the molecule is CC(N)C1CCN(C(=O)c2ccc(F)cc2[N+](=O)[O-])C1. The van der Waals surface area contributed by atoms with Crippen molar-refractivity contribution >= 4 is 11.6 Å². The third-order valence-electron chi connectivity index (χ3n) is 3.64. The first kappa shape index (κ1) is 14.4. The van der Waals surface area contributed by atoms with Gasteiger partial charge < -0.3 is 10.6 Å². The highest BCUT2D eigenvalue weighted by atomic mass is 19.1. The van der Waals surface area contributed by atoms with Crippen LogP contribution in [0.1, 0.15) is 23.7 Å². The molecule has 1 fully saturated rings. The van der Waals surface area contributed by atoms with Crippen molar-refractivity contribution in [3.05, 3.63) is 39.7 Å². The number of nitro groups is 1. The molecule has 2 atom stereocenters. The minimum absolute atomic E-state index is 0.0315. The summed E-state index contributed by atoms with van der Waals surface area (Å²) in [6.45, 7) is 2.86. The number of halogens is 1. The number of rotatable bonds is 3. The van der Waals surface area contributed by atoms with E-state index >= 15 is 0 Å². The maximum absolute atomic E-state index is 13.1. The Hall–Kier alpha value is -2.02. The molecule has 2 unspecified atom stereocenters. The number of hydrogen-bond donors (Lipinski definition) is 1. The molecule has 20 heavy (non-hydrogen) atoms. The number of likely N-dealkylation sites (tertiary alicyclic amines) is 1.